The molecular formula is C17H25N3O3. The summed E-state index contributed by atoms with van der Waals surface area (Å²) in [6.07, 6.45) is 2.80. The number of nitrogens with zero attached hydrogens (tertiary/aromatic N) is 2. The van der Waals surface area contributed by atoms with E-state index in [4.69, 9.17) is 4.42 Å². The van der Waals surface area contributed by atoms with Gasteiger partial charge >= 0.3 is 0 Å². The van der Waals surface area contributed by atoms with E-state index in [2.05, 4.69) is 17.1 Å². The Bertz CT molecular complexity index is 575. The van der Waals surface area contributed by atoms with Crippen LogP contribution in [-0.2, 0) is 11.3 Å². The molecule has 3 rings (SSSR count). The molecule has 126 valence electrons. The van der Waals surface area contributed by atoms with Crippen molar-refractivity contribution in [1.29, 1.82) is 0 Å². The van der Waals surface area contributed by atoms with E-state index in [0.29, 0.717) is 18.7 Å². The van der Waals surface area contributed by atoms with Gasteiger partial charge in [0.15, 0.2) is 5.76 Å². The molecule has 3 heterocycles. The maximum absolute atomic E-state index is 12.2. The zero-order valence-electron chi connectivity index (χ0n) is 13.9. The number of hydrogen-bond donors (Lipinski definition) is 1. The van der Waals surface area contributed by atoms with Crippen LogP contribution >= 0.6 is 0 Å². The molecule has 1 aromatic rings. The predicted molar refractivity (Wildman–Crippen MR) is 85.9 cm³/mol. The van der Waals surface area contributed by atoms with E-state index in [9.17, 15) is 9.59 Å². The fraction of sp³-hybridized carbons (Fsp3) is 0.647. The summed E-state index contributed by atoms with van der Waals surface area (Å²) in [5.41, 5.74) is 0. The number of carbonyl (C=O) groups is 2. The Hall–Kier alpha value is -1.82. The monoisotopic (exact) mass is 319 g/mol. The summed E-state index contributed by atoms with van der Waals surface area (Å²) in [7, 11) is 1.75. The molecule has 1 N–H and O–H groups in total. The molecule has 0 spiro atoms. The number of furan rings is 1. The van der Waals surface area contributed by atoms with Crippen molar-refractivity contribution in [3.63, 3.8) is 0 Å². The minimum atomic E-state index is -0.239. The van der Waals surface area contributed by atoms with Gasteiger partial charge in [0, 0.05) is 20.0 Å². The maximum atomic E-state index is 12.2. The highest BCUT2D eigenvalue weighted by Crippen LogP contribution is 2.19. The molecular weight excluding hydrogens is 294 g/mol. The fourth-order valence-corrected chi connectivity index (χ4v) is 3.24. The van der Waals surface area contributed by atoms with Gasteiger partial charge in [0.2, 0.25) is 5.91 Å². The lowest BCUT2D eigenvalue weighted by Gasteiger charge is -2.29. The molecule has 2 amide bonds. The Morgan fingerprint density at radius 2 is 2.09 bits per heavy atom. The molecule has 0 unspecified atom stereocenters. The van der Waals surface area contributed by atoms with Gasteiger partial charge in [-0.25, -0.2) is 0 Å². The number of piperidine rings is 1. The molecule has 1 atom stereocenters. The van der Waals surface area contributed by atoms with Gasteiger partial charge in [-0.05, 0) is 44.0 Å². The second kappa shape index (κ2) is 6.74. The molecule has 2 aliphatic heterocycles. The summed E-state index contributed by atoms with van der Waals surface area (Å²) in [4.78, 5) is 27.7. The van der Waals surface area contributed by atoms with Crippen molar-refractivity contribution >= 4 is 11.8 Å². The van der Waals surface area contributed by atoms with Crippen LogP contribution in [0.25, 0.3) is 0 Å². The van der Waals surface area contributed by atoms with Crippen LogP contribution in [0.4, 0.5) is 0 Å². The fourth-order valence-electron chi connectivity index (χ4n) is 3.24. The van der Waals surface area contributed by atoms with E-state index in [1.54, 1.807) is 18.0 Å². The Kier molecular flexibility index (Phi) is 4.71. The Balaban J connectivity index is 1.52. The predicted octanol–water partition coefficient (Wildman–Crippen LogP) is 1.47. The molecule has 1 aromatic heterocycles. The number of amides is 2. The molecule has 0 bridgehead atoms. The highest BCUT2D eigenvalue weighted by Gasteiger charge is 2.28. The molecule has 6 heteroatoms. The van der Waals surface area contributed by atoms with E-state index >= 15 is 0 Å². The van der Waals surface area contributed by atoms with Crippen molar-refractivity contribution in [3.8, 4) is 0 Å². The SMILES string of the molecule is CC1CCN(Cc2ccc(C(=O)N[C@@H]3CC(=O)N(C)C3)o2)CC1. The third-order valence-electron chi connectivity index (χ3n) is 4.82. The van der Waals surface area contributed by atoms with Gasteiger partial charge in [-0.3, -0.25) is 14.5 Å². The van der Waals surface area contributed by atoms with Crippen molar-refractivity contribution in [2.45, 2.75) is 38.8 Å². The van der Waals surface area contributed by atoms with Gasteiger partial charge in [0.1, 0.15) is 5.76 Å². The maximum Gasteiger partial charge on any atom is 0.287 e. The van der Waals surface area contributed by atoms with Crippen LogP contribution < -0.4 is 5.32 Å². The molecule has 2 aliphatic rings. The van der Waals surface area contributed by atoms with E-state index in [1.165, 1.54) is 12.8 Å². The van der Waals surface area contributed by atoms with Crippen LogP contribution in [0.3, 0.4) is 0 Å². The minimum absolute atomic E-state index is 0.0646. The van der Waals surface area contributed by atoms with Gasteiger partial charge in [0.25, 0.3) is 5.91 Å². The number of likely N-dealkylation sites (N-methyl/N-ethyl adjacent to an activating group) is 1. The highest BCUT2D eigenvalue weighted by atomic mass is 16.4. The summed E-state index contributed by atoms with van der Waals surface area (Å²) in [6, 6.07) is 3.47. The molecule has 23 heavy (non-hydrogen) atoms. The van der Waals surface area contributed by atoms with Crippen LogP contribution in [0.1, 0.15) is 42.5 Å². The lowest BCUT2D eigenvalue weighted by Crippen LogP contribution is -2.36. The van der Waals surface area contributed by atoms with E-state index in [-0.39, 0.29) is 17.9 Å². The van der Waals surface area contributed by atoms with Crippen molar-refractivity contribution in [2.75, 3.05) is 26.7 Å². The molecule has 0 aromatic carbocycles. The first kappa shape index (κ1) is 16.1. The molecule has 0 saturated carbocycles. The van der Waals surface area contributed by atoms with Crippen molar-refractivity contribution < 1.29 is 14.0 Å². The van der Waals surface area contributed by atoms with Gasteiger partial charge in [-0.2, -0.15) is 0 Å². The average Bonchev–Trinajstić information content (AvgIpc) is 3.09. The smallest absolute Gasteiger partial charge is 0.287 e. The first-order valence-electron chi connectivity index (χ1n) is 8.37. The van der Waals surface area contributed by atoms with Crippen LogP contribution in [0, 0.1) is 5.92 Å². The molecule has 0 aliphatic carbocycles. The average molecular weight is 319 g/mol. The van der Waals surface area contributed by atoms with Gasteiger partial charge < -0.3 is 14.6 Å². The van der Waals surface area contributed by atoms with Crippen LogP contribution in [0.5, 0.6) is 0 Å². The second-order valence-electron chi connectivity index (χ2n) is 6.87. The number of nitrogens with one attached hydrogen (secondary N) is 1. The van der Waals surface area contributed by atoms with E-state index < -0.39 is 0 Å². The van der Waals surface area contributed by atoms with Crippen LogP contribution in [0.15, 0.2) is 16.5 Å². The van der Waals surface area contributed by atoms with Gasteiger partial charge in [-0.15, -0.1) is 0 Å². The molecule has 0 radical (unpaired) electrons. The molecule has 2 fully saturated rings. The number of likely N-dealkylation sites (tertiary alicyclic amines) is 2. The Morgan fingerprint density at radius 1 is 1.35 bits per heavy atom. The van der Waals surface area contributed by atoms with E-state index in [0.717, 1.165) is 31.3 Å². The van der Waals surface area contributed by atoms with Crippen molar-refractivity contribution in [2.24, 2.45) is 5.92 Å². The van der Waals surface area contributed by atoms with Gasteiger partial charge in [-0.1, -0.05) is 6.92 Å². The lowest BCUT2D eigenvalue weighted by molar-refractivity contribution is -0.126. The van der Waals surface area contributed by atoms with Gasteiger partial charge in [0.05, 0.1) is 12.6 Å². The van der Waals surface area contributed by atoms with Crippen molar-refractivity contribution in [1.82, 2.24) is 15.1 Å². The standard InChI is InChI=1S/C17H25N3O3/c1-12-5-7-20(8-6-12)11-14-3-4-15(23-14)17(22)18-13-9-16(21)19(2)10-13/h3-4,12-13H,5-11H2,1-2H3,(H,18,22)/t13-/m1/s1. The Labute approximate surface area is 136 Å². The number of hydrogen-bond acceptors (Lipinski definition) is 4. The summed E-state index contributed by atoms with van der Waals surface area (Å²) >= 11 is 0. The molecule has 6 nitrogen and oxygen atoms in total. The number of carbonyl (C=O) groups excluding carboxylic acids is 2. The quantitative estimate of drug-likeness (QED) is 0.913. The normalized spacial score (nSPS) is 23.5. The van der Waals surface area contributed by atoms with E-state index in [1.807, 2.05) is 6.07 Å². The zero-order chi connectivity index (χ0) is 16.4. The van der Waals surface area contributed by atoms with Crippen molar-refractivity contribution in [3.05, 3.63) is 23.7 Å². The number of rotatable bonds is 4. The third kappa shape index (κ3) is 3.93. The lowest BCUT2D eigenvalue weighted by atomic mass is 9.99. The first-order valence-corrected chi connectivity index (χ1v) is 8.37. The molecule has 2 saturated heterocycles. The zero-order valence-corrected chi connectivity index (χ0v) is 13.9. The highest BCUT2D eigenvalue weighted by molar-refractivity contribution is 5.92. The van der Waals surface area contributed by atoms with Crippen LogP contribution in [0.2, 0.25) is 0 Å². The first-order chi connectivity index (χ1) is 11.0. The third-order valence-corrected chi connectivity index (χ3v) is 4.82. The summed E-state index contributed by atoms with van der Waals surface area (Å²) in [5, 5.41) is 2.87. The van der Waals surface area contributed by atoms with Crippen LogP contribution in [-0.4, -0.2) is 54.3 Å². The summed E-state index contributed by atoms with van der Waals surface area (Å²) in [5.74, 6) is 1.78. The topological polar surface area (TPSA) is 65.8 Å². The second-order valence-corrected chi connectivity index (χ2v) is 6.87. The Morgan fingerprint density at radius 3 is 2.74 bits per heavy atom. The summed E-state index contributed by atoms with van der Waals surface area (Å²) < 4.78 is 5.69. The summed E-state index contributed by atoms with van der Waals surface area (Å²) in [6.45, 7) is 5.77. The largest absolute Gasteiger partial charge is 0.455 e. The minimum Gasteiger partial charge on any atom is -0.455 e.